The van der Waals surface area contributed by atoms with Gasteiger partial charge in [-0.05, 0) is 30.7 Å². The third-order valence-corrected chi connectivity index (χ3v) is 3.93. The van der Waals surface area contributed by atoms with E-state index in [1.807, 2.05) is 12.3 Å². The zero-order valence-corrected chi connectivity index (χ0v) is 10.4. The maximum absolute atomic E-state index is 6.00. The van der Waals surface area contributed by atoms with Crippen LogP contribution >= 0.6 is 0 Å². The van der Waals surface area contributed by atoms with Crippen molar-refractivity contribution in [2.75, 3.05) is 5.73 Å². The van der Waals surface area contributed by atoms with E-state index in [-0.39, 0.29) is 6.04 Å². The molecule has 1 fully saturated rings. The van der Waals surface area contributed by atoms with Crippen LogP contribution in [0.4, 0.5) is 5.69 Å². The quantitative estimate of drug-likeness (QED) is 0.552. The highest BCUT2D eigenvalue weighted by molar-refractivity contribution is 5.46. The van der Waals surface area contributed by atoms with Crippen molar-refractivity contribution >= 4 is 5.69 Å². The highest BCUT2D eigenvalue weighted by atomic mass is 15.2. The van der Waals surface area contributed by atoms with Crippen molar-refractivity contribution in [1.29, 1.82) is 0 Å². The van der Waals surface area contributed by atoms with Gasteiger partial charge in [0.15, 0.2) is 0 Å². The van der Waals surface area contributed by atoms with Crippen LogP contribution in [0.1, 0.15) is 44.2 Å². The molecule has 0 radical (unpaired) electrons. The molecule has 1 atom stereocenters. The highest BCUT2D eigenvalue weighted by Crippen LogP contribution is 2.37. The third kappa shape index (κ3) is 2.76. The van der Waals surface area contributed by atoms with E-state index >= 15 is 0 Å². The molecule has 1 heterocycles. The number of nitrogens with two attached hydrogens (primary N) is 2. The minimum absolute atomic E-state index is 0.135. The minimum atomic E-state index is 0.135. The van der Waals surface area contributed by atoms with E-state index in [1.54, 1.807) is 6.20 Å². The third-order valence-electron chi connectivity index (χ3n) is 3.93. The molecule has 0 aliphatic heterocycles. The summed E-state index contributed by atoms with van der Waals surface area (Å²) < 4.78 is 0. The maximum atomic E-state index is 6.00. The predicted octanol–water partition coefficient (Wildman–Crippen LogP) is 1.99. The van der Waals surface area contributed by atoms with Gasteiger partial charge in [0.05, 0.1) is 6.04 Å². The summed E-state index contributed by atoms with van der Waals surface area (Å²) in [5.74, 6) is 7.12. The van der Waals surface area contributed by atoms with Crippen molar-refractivity contribution in [2.24, 2.45) is 17.7 Å². The molecule has 1 aliphatic carbocycles. The number of nitrogens with one attached hydrogen (secondary N) is 1. The van der Waals surface area contributed by atoms with Gasteiger partial charge in [0.2, 0.25) is 0 Å². The molecule has 1 unspecified atom stereocenters. The van der Waals surface area contributed by atoms with Crippen molar-refractivity contribution in [1.82, 2.24) is 10.4 Å². The Hall–Kier alpha value is -1.13. The second-order valence-corrected chi connectivity index (χ2v) is 5.17. The average molecular weight is 234 g/mol. The number of nitrogen functional groups attached to an aromatic ring is 1. The fourth-order valence-corrected chi connectivity index (χ4v) is 2.78. The van der Waals surface area contributed by atoms with E-state index in [2.05, 4.69) is 17.3 Å². The summed E-state index contributed by atoms with van der Waals surface area (Å²) in [6.45, 7) is 2.32. The molecule has 0 bridgehead atoms. The molecule has 0 amide bonds. The van der Waals surface area contributed by atoms with E-state index < -0.39 is 0 Å². The standard InChI is InChI=1S/C13H22N4/c1-9-2-4-10(5-3-9)13(17-15)11-8-16-7-6-12(11)14/h6-10,13,17H,2-5,15H2,1H3,(H2,14,16). The van der Waals surface area contributed by atoms with Gasteiger partial charge in [-0.3, -0.25) is 16.3 Å². The van der Waals surface area contributed by atoms with Crippen LogP contribution < -0.4 is 17.0 Å². The van der Waals surface area contributed by atoms with Gasteiger partial charge >= 0.3 is 0 Å². The van der Waals surface area contributed by atoms with Gasteiger partial charge in [-0.15, -0.1) is 0 Å². The van der Waals surface area contributed by atoms with E-state index in [4.69, 9.17) is 11.6 Å². The number of anilines is 1. The topological polar surface area (TPSA) is 77.0 Å². The van der Waals surface area contributed by atoms with Gasteiger partial charge in [0.1, 0.15) is 0 Å². The number of pyridine rings is 1. The Bertz CT molecular complexity index is 358. The summed E-state index contributed by atoms with van der Waals surface area (Å²) >= 11 is 0. The van der Waals surface area contributed by atoms with Crippen molar-refractivity contribution in [3.05, 3.63) is 24.0 Å². The van der Waals surface area contributed by atoms with Crippen molar-refractivity contribution < 1.29 is 0 Å². The number of nitrogens with zero attached hydrogens (tertiary/aromatic N) is 1. The fourth-order valence-electron chi connectivity index (χ4n) is 2.78. The number of rotatable bonds is 3. The summed E-state index contributed by atoms with van der Waals surface area (Å²) in [5.41, 5.74) is 10.7. The van der Waals surface area contributed by atoms with Gasteiger partial charge in [-0.2, -0.15) is 0 Å². The molecule has 1 aromatic heterocycles. The summed E-state index contributed by atoms with van der Waals surface area (Å²) in [7, 11) is 0. The van der Waals surface area contributed by atoms with Crippen LogP contribution in [0.15, 0.2) is 18.5 Å². The second-order valence-electron chi connectivity index (χ2n) is 5.17. The average Bonchev–Trinajstić information content (AvgIpc) is 2.35. The Labute approximate surface area is 103 Å². The van der Waals surface area contributed by atoms with E-state index in [9.17, 15) is 0 Å². The zero-order valence-electron chi connectivity index (χ0n) is 10.4. The smallest absolute Gasteiger partial charge is 0.0523 e. The Morgan fingerprint density at radius 3 is 2.65 bits per heavy atom. The first-order valence-electron chi connectivity index (χ1n) is 6.38. The van der Waals surface area contributed by atoms with Crippen molar-refractivity contribution in [3.8, 4) is 0 Å². The first-order chi connectivity index (χ1) is 8.22. The molecule has 0 saturated heterocycles. The van der Waals surface area contributed by atoms with Crippen LogP contribution in [0.2, 0.25) is 0 Å². The minimum Gasteiger partial charge on any atom is -0.398 e. The number of aromatic nitrogens is 1. The summed E-state index contributed by atoms with van der Waals surface area (Å²) in [4.78, 5) is 4.15. The molecule has 0 spiro atoms. The normalized spacial score (nSPS) is 26.7. The van der Waals surface area contributed by atoms with E-state index in [0.29, 0.717) is 5.92 Å². The van der Waals surface area contributed by atoms with Crippen molar-refractivity contribution in [3.63, 3.8) is 0 Å². The summed E-state index contributed by atoms with van der Waals surface area (Å²) in [6.07, 6.45) is 8.54. The van der Waals surface area contributed by atoms with Gasteiger partial charge in [0.25, 0.3) is 0 Å². The Kier molecular flexibility index (Phi) is 3.97. The lowest BCUT2D eigenvalue weighted by Crippen LogP contribution is -2.35. The van der Waals surface area contributed by atoms with E-state index in [1.165, 1.54) is 25.7 Å². The van der Waals surface area contributed by atoms with Crippen LogP contribution in [0.5, 0.6) is 0 Å². The molecule has 0 aromatic carbocycles. The first kappa shape index (κ1) is 12.3. The molecule has 4 heteroatoms. The monoisotopic (exact) mass is 234 g/mol. The molecule has 1 aliphatic rings. The van der Waals surface area contributed by atoms with Gasteiger partial charge in [-0.25, -0.2) is 0 Å². The summed E-state index contributed by atoms with van der Waals surface area (Å²) in [6, 6.07) is 1.97. The number of hydrogen-bond acceptors (Lipinski definition) is 4. The van der Waals surface area contributed by atoms with Gasteiger partial charge in [-0.1, -0.05) is 19.8 Å². The highest BCUT2D eigenvalue weighted by Gasteiger charge is 2.27. The van der Waals surface area contributed by atoms with Crippen LogP contribution in [0.25, 0.3) is 0 Å². The zero-order chi connectivity index (χ0) is 12.3. The molecule has 5 N–H and O–H groups in total. The summed E-state index contributed by atoms with van der Waals surface area (Å²) in [5, 5.41) is 0. The predicted molar refractivity (Wildman–Crippen MR) is 69.8 cm³/mol. The van der Waals surface area contributed by atoms with Crippen LogP contribution in [-0.2, 0) is 0 Å². The van der Waals surface area contributed by atoms with Gasteiger partial charge in [0, 0.05) is 23.6 Å². The van der Waals surface area contributed by atoms with Crippen LogP contribution in [-0.4, -0.2) is 4.98 Å². The molecular weight excluding hydrogens is 212 g/mol. The molecule has 4 nitrogen and oxygen atoms in total. The molecule has 17 heavy (non-hydrogen) atoms. The lowest BCUT2D eigenvalue weighted by Gasteiger charge is -2.32. The first-order valence-corrected chi connectivity index (χ1v) is 6.38. The maximum Gasteiger partial charge on any atom is 0.0523 e. The SMILES string of the molecule is CC1CCC(C(NN)c2cnccc2N)CC1. The second kappa shape index (κ2) is 5.47. The number of hydrogen-bond donors (Lipinski definition) is 3. The fraction of sp³-hybridized carbons (Fsp3) is 0.615. The van der Waals surface area contributed by atoms with Gasteiger partial charge < -0.3 is 5.73 Å². The lowest BCUT2D eigenvalue weighted by molar-refractivity contribution is 0.232. The lowest BCUT2D eigenvalue weighted by atomic mass is 9.77. The van der Waals surface area contributed by atoms with Crippen molar-refractivity contribution in [2.45, 2.75) is 38.6 Å². The van der Waals surface area contributed by atoms with Crippen LogP contribution in [0.3, 0.4) is 0 Å². The molecule has 2 rings (SSSR count). The van der Waals surface area contributed by atoms with E-state index in [0.717, 1.165) is 17.2 Å². The molecule has 1 aromatic rings. The molecule has 94 valence electrons. The Morgan fingerprint density at radius 1 is 1.35 bits per heavy atom. The van der Waals surface area contributed by atoms with Crippen LogP contribution in [0, 0.1) is 11.8 Å². The Balaban J connectivity index is 2.14. The Morgan fingerprint density at radius 2 is 2.06 bits per heavy atom. The number of hydrazine groups is 1. The molecule has 1 saturated carbocycles. The molecular formula is C13H22N4. The largest absolute Gasteiger partial charge is 0.398 e.